The fourth-order valence-electron chi connectivity index (χ4n) is 2.67. The smallest absolute Gasteiger partial charge is 0.227 e. The molecule has 0 atom stereocenters. The highest BCUT2D eigenvalue weighted by Gasteiger charge is 2.31. The number of nitrogens with one attached hydrogen (secondary N) is 1. The minimum atomic E-state index is 0.0210. The Morgan fingerprint density at radius 1 is 1.38 bits per heavy atom. The Hall–Kier alpha value is -2.44. The van der Waals surface area contributed by atoms with Crippen molar-refractivity contribution in [2.24, 2.45) is 0 Å². The molecule has 0 spiro atoms. The number of carbonyl (C=O) groups is 1. The van der Waals surface area contributed by atoms with Gasteiger partial charge in [0.05, 0.1) is 24.9 Å². The van der Waals surface area contributed by atoms with Gasteiger partial charge >= 0.3 is 0 Å². The van der Waals surface area contributed by atoms with Gasteiger partial charge in [-0.2, -0.15) is 5.10 Å². The average Bonchev–Trinajstić information content (AvgIpc) is 3.26. The third-order valence-electron chi connectivity index (χ3n) is 3.85. The molecule has 0 radical (unpaired) electrons. The second-order valence-corrected chi connectivity index (χ2v) is 5.35. The van der Waals surface area contributed by atoms with Crippen molar-refractivity contribution in [2.75, 3.05) is 12.4 Å². The average molecular weight is 285 g/mol. The highest BCUT2D eigenvalue weighted by atomic mass is 16.5. The number of amides is 1. The molecule has 108 valence electrons. The standard InChI is InChI=1S/C14H15N5O2/c1-21-14-12(13(8-2-3-8)15-7-16-14)9-6-10-17-11(20)4-5-19(10)18-9/h6-8H,2-5H2,1H3,(H,17,20). The third kappa shape index (κ3) is 2.05. The van der Waals surface area contributed by atoms with Crippen LogP contribution in [-0.2, 0) is 11.3 Å². The van der Waals surface area contributed by atoms with Gasteiger partial charge in [-0.05, 0) is 12.8 Å². The van der Waals surface area contributed by atoms with Crippen molar-refractivity contribution in [2.45, 2.75) is 31.7 Å². The highest BCUT2D eigenvalue weighted by Crippen LogP contribution is 2.45. The maximum atomic E-state index is 11.5. The summed E-state index contributed by atoms with van der Waals surface area (Å²) >= 11 is 0. The fraction of sp³-hybridized carbons (Fsp3) is 0.429. The van der Waals surface area contributed by atoms with Crippen molar-refractivity contribution < 1.29 is 9.53 Å². The van der Waals surface area contributed by atoms with Crippen LogP contribution in [0.5, 0.6) is 5.88 Å². The Labute approximate surface area is 121 Å². The lowest BCUT2D eigenvalue weighted by Crippen LogP contribution is -2.23. The van der Waals surface area contributed by atoms with Crippen LogP contribution in [0.2, 0.25) is 0 Å². The van der Waals surface area contributed by atoms with E-state index < -0.39 is 0 Å². The molecule has 1 saturated carbocycles. The summed E-state index contributed by atoms with van der Waals surface area (Å²) in [5.41, 5.74) is 2.59. The van der Waals surface area contributed by atoms with Crippen LogP contribution in [-0.4, -0.2) is 32.8 Å². The van der Waals surface area contributed by atoms with Crippen molar-refractivity contribution in [3.05, 3.63) is 18.1 Å². The molecule has 2 aromatic heterocycles. The van der Waals surface area contributed by atoms with Gasteiger partial charge in [0.1, 0.15) is 17.8 Å². The van der Waals surface area contributed by atoms with E-state index in [0.29, 0.717) is 30.6 Å². The summed E-state index contributed by atoms with van der Waals surface area (Å²) in [7, 11) is 1.60. The normalized spacial score (nSPS) is 17.3. The van der Waals surface area contributed by atoms with Gasteiger partial charge in [0.15, 0.2) is 0 Å². The first kappa shape index (κ1) is 12.3. The summed E-state index contributed by atoms with van der Waals surface area (Å²) in [6, 6.07) is 1.87. The summed E-state index contributed by atoms with van der Waals surface area (Å²) < 4.78 is 7.19. The zero-order valence-corrected chi connectivity index (χ0v) is 11.7. The molecule has 2 aliphatic rings. The predicted octanol–water partition coefficient (Wildman–Crippen LogP) is 1.57. The van der Waals surface area contributed by atoms with E-state index in [0.717, 1.165) is 29.8 Å². The number of aromatic nitrogens is 4. The summed E-state index contributed by atoms with van der Waals surface area (Å²) in [5, 5.41) is 7.41. The lowest BCUT2D eigenvalue weighted by Gasteiger charge is -2.13. The van der Waals surface area contributed by atoms with Crippen LogP contribution >= 0.6 is 0 Å². The second-order valence-electron chi connectivity index (χ2n) is 5.35. The van der Waals surface area contributed by atoms with Crippen molar-refractivity contribution in [3.8, 4) is 17.1 Å². The summed E-state index contributed by atoms with van der Waals surface area (Å²) in [4.78, 5) is 20.1. The molecule has 2 aromatic rings. The van der Waals surface area contributed by atoms with Gasteiger partial charge in [-0.15, -0.1) is 0 Å². The molecule has 3 heterocycles. The molecule has 0 bridgehead atoms. The zero-order chi connectivity index (χ0) is 14.4. The summed E-state index contributed by atoms with van der Waals surface area (Å²) in [5.74, 6) is 1.74. The Bertz CT molecular complexity index is 720. The van der Waals surface area contributed by atoms with E-state index in [1.54, 1.807) is 11.8 Å². The first-order chi connectivity index (χ1) is 10.3. The van der Waals surface area contributed by atoms with Crippen LogP contribution < -0.4 is 10.1 Å². The molecule has 1 aliphatic heterocycles. The molecule has 4 rings (SSSR count). The fourth-order valence-corrected chi connectivity index (χ4v) is 2.67. The SMILES string of the molecule is COc1ncnc(C2CC2)c1-c1cc2n(n1)CCC(=O)N2. The van der Waals surface area contributed by atoms with Crippen LogP contribution in [0.3, 0.4) is 0 Å². The van der Waals surface area contributed by atoms with E-state index >= 15 is 0 Å². The van der Waals surface area contributed by atoms with E-state index in [1.165, 1.54) is 6.33 Å². The molecule has 7 nitrogen and oxygen atoms in total. The molecule has 1 aliphatic carbocycles. The van der Waals surface area contributed by atoms with E-state index in [2.05, 4.69) is 20.4 Å². The second kappa shape index (κ2) is 4.54. The van der Waals surface area contributed by atoms with Gasteiger partial charge in [0.25, 0.3) is 0 Å². The van der Waals surface area contributed by atoms with Crippen LogP contribution in [0.25, 0.3) is 11.3 Å². The first-order valence-electron chi connectivity index (χ1n) is 7.03. The number of aryl methyl sites for hydroxylation is 1. The predicted molar refractivity (Wildman–Crippen MR) is 75.0 cm³/mol. The first-order valence-corrected chi connectivity index (χ1v) is 7.03. The monoisotopic (exact) mass is 285 g/mol. The number of carbonyl (C=O) groups excluding carboxylic acids is 1. The number of fused-ring (bicyclic) bond motifs is 1. The van der Waals surface area contributed by atoms with Crippen LogP contribution in [0.15, 0.2) is 12.4 Å². The lowest BCUT2D eigenvalue weighted by atomic mass is 10.1. The number of rotatable bonds is 3. The van der Waals surface area contributed by atoms with Crippen LogP contribution in [0.4, 0.5) is 5.82 Å². The van der Waals surface area contributed by atoms with Gasteiger partial charge in [0, 0.05) is 18.4 Å². The maximum absolute atomic E-state index is 11.5. The van der Waals surface area contributed by atoms with Crippen molar-refractivity contribution in [1.82, 2.24) is 19.7 Å². The molecule has 21 heavy (non-hydrogen) atoms. The topological polar surface area (TPSA) is 81.9 Å². The molecular weight excluding hydrogens is 270 g/mol. The number of anilines is 1. The highest BCUT2D eigenvalue weighted by molar-refractivity contribution is 5.91. The van der Waals surface area contributed by atoms with Crippen LogP contribution in [0.1, 0.15) is 30.9 Å². The Morgan fingerprint density at radius 2 is 2.24 bits per heavy atom. The van der Waals surface area contributed by atoms with Gasteiger partial charge in [-0.3, -0.25) is 4.79 Å². The van der Waals surface area contributed by atoms with E-state index in [9.17, 15) is 4.79 Å². The molecular formula is C14H15N5O2. The molecule has 0 saturated heterocycles. The van der Waals surface area contributed by atoms with Crippen molar-refractivity contribution in [1.29, 1.82) is 0 Å². The van der Waals surface area contributed by atoms with Gasteiger partial charge < -0.3 is 10.1 Å². The minimum Gasteiger partial charge on any atom is -0.480 e. The molecule has 1 amide bonds. The quantitative estimate of drug-likeness (QED) is 0.925. The summed E-state index contributed by atoms with van der Waals surface area (Å²) in [6.07, 6.45) is 4.26. The van der Waals surface area contributed by atoms with E-state index in [1.807, 2.05) is 6.07 Å². The molecule has 0 aromatic carbocycles. The minimum absolute atomic E-state index is 0.0210. The number of methoxy groups -OCH3 is 1. The molecule has 7 heteroatoms. The number of hydrogen-bond acceptors (Lipinski definition) is 5. The largest absolute Gasteiger partial charge is 0.480 e. The van der Waals surface area contributed by atoms with E-state index in [-0.39, 0.29) is 5.91 Å². The van der Waals surface area contributed by atoms with Crippen molar-refractivity contribution >= 4 is 11.7 Å². The Kier molecular flexibility index (Phi) is 2.66. The Balaban J connectivity index is 1.84. The molecule has 0 unspecified atom stereocenters. The van der Waals surface area contributed by atoms with Gasteiger partial charge in [0.2, 0.25) is 11.8 Å². The molecule has 1 fully saturated rings. The third-order valence-corrected chi connectivity index (χ3v) is 3.85. The van der Waals surface area contributed by atoms with Gasteiger partial charge in [-0.1, -0.05) is 0 Å². The maximum Gasteiger partial charge on any atom is 0.227 e. The Morgan fingerprint density at radius 3 is 3.00 bits per heavy atom. The van der Waals surface area contributed by atoms with E-state index in [4.69, 9.17) is 4.74 Å². The zero-order valence-electron chi connectivity index (χ0n) is 11.7. The molecule has 1 N–H and O–H groups in total. The number of nitrogens with zero attached hydrogens (tertiary/aromatic N) is 4. The lowest BCUT2D eigenvalue weighted by molar-refractivity contribution is -0.116. The van der Waals surface area contributed by atoms with Gasteiger partial charge in [-0.25, -0.2) is 14.6 Å². The van der Waals surface area contributed by atoms with Crippen LogP contribution in [0, 0.1) is 0 Å². The number of hydrogen-bond donors (Lipinski definition) is 1. The number of ether oxygens (including phenoxy) is 1. The summed E-state index contributed by atoms with van der Waals surface area (Å²) in [6.45, 7) is 0.593. The van der Waals surface area contributed by atoms with Crippen molar-refractivity contribution in [3.63, 3.8) is 0 Å².